The molecule has 0 aliphatic rings. The maximum Gasteiger partial charge on any atom is 0.246 e. The molecular formula is C13H27NO2. The summed E-state index contributed by atoms with van der Waals surface area (Å²) in [5.41, 5.74) is 0. The summed E-state index contributed by atoms with van der Waals surface area (Å²) in [5.74, 6) is 0.0169. The molecule has 96 valence electrons. The Morgan fingerprint density at radius 3 is 2.38 bits per heavy atom. The van der Waals surface area contributed by atoms with E-state index in [1.54, 1.807) is 0 Å². The molecule has 0 aromatic rings. The molecule has 1 atom stereocenters. The SMILES string of the molecule is CCCCC(CCC)NC(=O)COC(C)C. The van der Waals surface area contributed by atoms with Gasteiger partial charge >= 0.3 is 0 Å². The lowest BCUT2D eigenvalue weighted by molar-refractivity contribution is -0.127. The predicted octanol–water partition coefficient (Wildman–Crippen LogP) is 2.89. The zero-order valence-electron chi connectivity index (χ0n) is 11.2. The van der Waals surface area contributed by atoms with Gasteiger partial charge in [0.25, 0.3) is 0 Å². The molecule has 3 nitrogen and oxygen atoms in total. The topological polar surface area (TPSA) is 38.3 Å². The zero-order chi connectivity index (χ0) is 12.4. The molecule has 0 spiro atoms. The van der Waals surface area contributed by atoms with E-state index in [0.29, 0.717) is 6.04 Å². The monoisotopic (exact) mass is 229 g/mol. The van der Waals surface area contributed by atoms with Gasteiger partial charge in [0, 0.05) is 6.04 Å². The molecule has 0 heterocycles. The normalized spacial score (nSPS) is 12.8. The molecule has 1 N–H and O–H groups in total. The van der Waals surface area contributed by atoms with Gasteiger partial charge in [-0.05, 0) is 26.7 Å². The highest BCUT2D eigenvalue weighted by Gasteiger charge is 2.11. The fraction of sp³-hybridized carbons (Fsp3) is 0.923. The van der Waals surface area contributed by atoms with E-state index >= 15 is 0 Å². The van der Waals surface area contributed by atoms with Gasteiger partial charge in [-0.2, -0.15) is 0 Å². The quantitative estimate of drug-likeness (QED) is 0.660. The van der Waals surface area contributed by atoms with E-state index in [4.69, 9.17) is 4.74 Å². The van der Waals surface area contributed by atoms with Crippen molar-refractivity contribution in [2.75, 3.05) is 6.61 Å². The van der Waals surface area contributed by atoms with Crippen LogP contribution in [0.25, 0.3) is 0 Å². The first kappa shape index (κ1) is 15.4. The fourth-order valence-electron chi connectivity index (χ4n) is 1.60. The number of carbonyl (C=O) groups is 1. The van der Waals surface area contributed by atoms with E-state index in [1.807, 2.05) is 13.8 Å². The zero-order valence-corrected chi connectivity index (χ0v) is 11.2. The minimum absolute atomic E-state index is 0.0169. The van der Waals surface area contributed by atoms with E-state index in [1.165, 1.54) is 12.8 Å². The molecule has 0 aliphatic heterocycles. The largest absolute Gasteiger partial charge is 0.369 e. The highest BCUT2D eigenvalue weighted by molar-refractivity contribution is 5.77. The summed E-state index contributed by atoms with van der Waals surface area (Å²) >= 11 is 0. The lowest BCUT2D eigenvalue weighted by atomic mass is 10.1. The van der Waals surface area contributed by atoms with Crippen molar-refractivity contribution in [1.82, 2.24) is 5.32 Å². The number of nitrogens with one attached hydrogen (secondary N) is 1. The summed E-state index contributed by atoms with van der Waals surface area (Å²) in [7, 11) is 0. The van der Waals surface area contributed by atoms with Crippen LogP contribution < -0.4 is 5.32 Å². The van der Waals surface area contributed by atoms with E-state index < -0.39 is 0 Å². The molecule has 1 amide bonds. The van der Waals surface area contributed by atoms with Gasteiger partial charge in [0.05, 0.1) is 6.10 Å². The fourth-order valence-corrected chi connectivity index (χ4v) is 1.60. The van der Waals surface area contributed by atoms with Crippen LogP contribution in [0, 0.1) is 0 Å². The van der Waals surface area contributed by atoms with Crippen LogP contribution in [0.1, 0.15) is 59.8 Å². The third-order valence-corrected chi connectivity index (χ3v) is 2.46. The number of amides is 1. The molecule has 0 aromatic carbocycles. The highest BCUT2D eigenvalue weighted by Crippen LogP contribution is 2.06. The Morgan fingerprint density at radius 2 is 1.88 bits per heavy atom. The molecule has 0 fully saturated rings. The van der Waals surface area contributed by atoms with Crippen LogP contribution >= 0.6 is 0 Å². The maximum absolute atomic E-state index is 11.6. The number of ether oxygens (including phenoxy) is 1. The second kappa shape index (κ2) is 9.64. The Kier molecular flexibility index (Phi) is 9.30. The maximum atomic E-state index is 11.6. The lowest BCUT2D eigenvalue weighted by Crippen LogP contribution is -2.37. The summed E-state index contributed by atoms with van der Waals surface area (Å²) in [6, 6.07) is 0.327. The molecule has 0 rings (SSSR count). The van der Waals surface area contributed by atoms with Crippen LogP contribution in [0.4, 0.5) is 0 Å². The van der Waals surface area contributed by atoms with E-state index in [-0.39, 0.29) is 18.6 Å². The van der Waals surface area contributed by atoms with Crippen molar-refractivity contribution in [3.05, 3.63) is 0 Å². The van der Waals surface area contributed by atoms with E-state index in [9.17, 15) is 4.79 Å². The Morgan fingerprint density at radius 1 is 1.19 bits per heavy atom. The Hall–Kier alpha value is -0.570. The third-order valence-electron chi connectivity index (χ3n) is 2.46. The van der Waals surface area contributed by atoms with Crippen molar-refractivity contribution >= 4 is 5.91 Å². The molecule has 16 heavy (non-hydrogen) atoms. The molecule has 1 unspecified atom stereocenters. The van der Waals surface area contributed by atoms with Crippen LogP contribution in [0.5, 0.6) is 0 Å². The lowest BCUT2D eigenvalue weighted by Gasteiger charge is -2.18. The number of rotatable bonds is 9. The molecule has 0 radical (unpaired) electrons. The second-order valence-corrected chi connectivity index (χ2v) is 4.56. The van der Waals surface area contributed by atoms with Crippen LogP contribution in [-0.4, -0.2) is 24.7 Å². The molecule has 0 aliphatic carbocycles. The van der Waals surface area contributed by atoms with Crippen molar-refractivity contribution in [2.45, 2.75) is 71.9 Å². The van der Waals surface area contributed by atoms with Crippen LogP contribution in [0.2, 0.25) is 0 Å². The van der Waals surface area contributed by atoms with Gasteiger partial charge in [0.1, 0.15) is 6.61 Å². The summed E-state index contributed by atoms with van der Waals surface area (Å²) < 4.78 is 5.28. The van der Waals surface area contributed by atoms with Crippen molar-refractivity contribution in [3.63, 3.8) is 0 Å². The minimum Gasteiger partial charge on any atom is -0.369 e. The first-order chi connectivity index (χ1) is 7.60. The van der Waals surface area contributed by atoms with Crippen LogP contribution in [-0.2, 0) is 9.53 Å². The Balaban J connectivity index is 3.82. The standard InChI is InChI=1S/C13H27NO2/c1-5-7-9-12(8-6-2)14-13(15)10-16-11(3)4/h11-12H,5-10H2,1-4H3,(H,14,15). The van der Waals surface area contributed by atoms with Crippen molar-refractivity contribution in [1.29, 1.82) is 0 Å². The third kappa shape index (κ3) is 8.72. The summed E-state index contributed by atoms with van der Waals surface area (Å²) in [6.45, 7) is 8.38. The molecular weight excluding hydrogens is 202 g/mol. The summed E-state index contributed by atoms with van der Waals surface area (Å²) in [4.78, 5) is 11.6. The van der Waals surface area contributed by atoms with Crippen molar-refractivity contribution in [3.8, 4) is 0 Å². The van der Waals surface area contributed by atoms with Gasteiger partial charge in [-0.1, -0.05) is 33.1 Å². The van der Waals surface area contributed by atoms with Crippen LogP contribution in [0.3, 0.4) is 0 Å². The van der Waals surface area contributed by atoms with Gasteiger partial charge < -0.3 is 10.1 Å². The highest BCUT2D eigenvalue weighted by atomic mass is 16.5. The van der Waals surface area contributed by atoms with Gasteiger partial charge in [0.15, 0.2) is 0 Å². The smallest absolute Gasteiger partial charge is 0.246 e. The number of hydrogen-bond acceptors (Lipinski definition) is 2. The number of unbranched alkanes of at least 4 members (excludes halogenated alkanes) is 1. The first-order valence-corrected chi connectivity index (χ1v) is 6.51. The second-order valence-electron chi connectivity index (χ2n) is 4.56. The summed E-state index contributed by atoms with van der Waals surface area (Å²) in [6.07, 6.45) is 5.73. The number of carbonyl (C=O) groups excluding carboxylic acids is 1. The molecule has 0 saturated carbocycles. The molecule has 0 saturated heterocycles. The van der Waals surface area contributed by atoms with Gasteiger partial charge in [-0.3, -0.25) is 4.79 Å². The minimum atomic E-state index is 0.0169. The average Bonchev–Trinajstić information content (AvgIpc) is 2.23. The van der Waals surface area contributed by atoms with Gasteiger partial charge in [-0.15, -0.1) is 0 Å². The number of hydrogen-bond donors (Lipinski definition) is 1. The molecule has 3 heteroatoms. The van der Waals surface area contributed by atoms with Gasteiger partial charge in [-0.25, -0.2) is 0 Å². The van der Waals surface area contributed by atoms with E-state index in [0.717, 1.165) is 19.3 Å². The predicted molar refractivity (Wildman–Crippen MR) is 67.5 cm³/mol. The van der Waals surface area contributed by atoms with Gasteiger partial charge in [0.2, 0.25) is 5.91 Å². The van der Waals surface area contributed by atoms with Crippen molar-refractivity contribution < 1.29 is 9.53 Å². The average molecular weight is 229 g/mol. The van der Waals surface area contributed by atoms with Crippen molar-refractivity contribution in [2.24, 2.45) is 0 Å². The Labute approximate surface area is 99.9 Å². The molecule has 0 bridgehead atoms. The van der Waals surface area contributed by atoms with E-state index in [2.05, 4.69) is 19.2 Å². The van der Waals surface area contributed by atoms with Crippen LogP contribution in [0.15, 0.2) is 0 Å². The summed E-state index contributed by atoms with van der Waals surface area (Å²) in [5, 5.41) is 3.04. The first-order valence-electron chi connectivity index (χ1n) is 6.51. The molecule has 0 aromatic heterocycles. The Bertz CT molecular complexity index is 181.